The van der Waals surface area contributed by atoms with E-state index in [1.165, 1.54) is 0 Å². The first-order valence-corrected chi connectivity index (χ1v) is 4.84. The van der Waals surface area contributed by atoms with Crippen LogP contribution >= 0.6 is 0 Å². The zero-order chi connectivity index (χ0) is 10.4. The van der Waals surface area contributed by atoms with E-state index in [9.17, 15) is 9.59 Å². The molecule has 3 rings (SSSR count). The standard InChI is InChI=1S/C11H9NO3/c13-10-8-2-1-6(3-7-5-15-7)4-9(8)11(14)12-10/h1-2,4,7H,3,5H2,(H,12,13,14). The lowest BCUT2D eigenvalue weighted by Gasteiger charge is -1.99. The topological polar surface area (TPSA) is 58.7 Å². The highest BCUT2D eigenvalue weighted by Crippen LogP contribution is 2.21. The molecule has 0 radical (unpaired) electrons. The Kier molecular flexibility index (Phi) is 1.67. The van der Waals surface area contributed by atoms with Crippen LogP contribution in [0.1, 0.15) is 26.3 Å². The maximum absolute atomic E-state index is 11.4. The second kappa shape index (κ2) is 2.90. The predicted molar refractivity (Wildman–Crippen MR) is 51.7 cm³/mol. The summed E-state index contributed by atoms with van der Waals surface area (Å²) in [5.74, 6) is -0.599. The number of ether oxygens (including phenoxy) is 1. The van der Waals surface area contributed by atoms with Gasteiger partial charge < -0.3 is 4.74 Å². The van der Waals surface area contributed by atoms with E-state index in [0.717, 1.165) is 18.6 Å². The van der Waals surface area contributed by atoms with Gasteiger partial charge in [-0.1, -0.05) is 6.07 Å². The van der Waals surface area contributed by atoms with Crippen LogP contribution in [0.5, 0.6) is 0 Å². The lowest BCUT2D eigenvalue weighted by atomic mass is 10.0. The van der Waals surface area contributed by atoms with Crippen LogP contribution in [0.15, 0.2) is 18.2 Å². The van der Waals surface area contributed by atoms with Gasteiger partial charge in [-0.15, -0.1) is 0 Å². The van der Waals surface area contributed by atoms with Crippen molar-refractivity contribution < 1.29 is 14.3 Å². The summed E-state index contributed by atoms with van der Waals surface area (Å²) in [6.07, 6.45) is 1.11. The van der Waals surface area contributed by atoms with Crippen molar-refractivity contribution in [1.29, 1.82) is 0 Å². The minimum atomic E-state index is -0.302. The Hall–Kier alpha value is -1.68. The molecule has 0 spiro atoms. The number of nitrogens with one attached hydrogen (secondary N) is 1. The number of fused-ring (bicyclic) bond motifs is 1. The van der Waals surface area contributed by atoms with E-state index in [0.29, 0.717) is 17.2 Å². The quantitative estimate of drug-likeness (QED) is 0.562. The maximum Gasteiger partial charge on any atom is 0.258 e. The third-order valence-corrected chi connectivity index (χ3v) is 2.67. The second-order valence-corrected chi connectivity index (χ2v) is 3.82. The van der Waals surface area contributed by atoms with E-state index >= 15 is 0 Å². The molecule has 2 amide bonds. The molecule has 0 aromatic heterocycles. The second-order valence-electron chi connectivity index (χ2n) is 3.82. The fourth-order valence-corrected chi connectivity index (χ4v) is 1.79. The highest BCUT2D eigenvalue weighted by molar-refractivity contribution is 6.21. The Balaban J connectivity index is 1.97. The molecule has 1 aromatic carbocycles. The molecule has 1 saturated heterocycles. The molecule has 2 aliphatic heterocycles. The average Bonchev–Trinajstić information content (AvgIpc) is 2.96. The van der Waals surface area contributed by atoms with Crippen LogP contribution < -0.4 is 5.32 Å². The van der Waals surface area contributed by atoms with Crippen molar-refractivity contribution >= 4 is 11.8 Å². The number of carbonyl (C=O) groups excluding carboxylic acids is 2. The van der Waals surface area contributed by atoms with Gasteiger partial charge in [-0.2, -0.15) is 0 Å². The summed E-state index contributed by atoms with van der Waals surface area (Å²) in [7, 11) is 0. The molecule has 4 heteroatoms. The molecule has 76 valence electrons. The van der Waals surface area contributed by atoms with Crippen LogP contribution in [0.4, 0.5) is 0 Å². The predicted octanol–water partition coefficient (Wildman–Crippen LogP) is 0.512. The minimum Gasteiger partial charge on any atom is -0.373 e. The zero-order valence-electron chi connectivity index (χ0n) is 7.95. The summed E-state index contributed by atoms with van der Waals surface area (Å²) < 4.78 is 5.11. The number of benzene rings is 1. The van der Waals surface area contributed by atoms with Crippen LogP contribution in [0.25, 0.3) is 0 Å². The summed E-state index contributed by atoms with van der Waals surface area (Å²) >= 11 is 0. The normalized spacial score (nSPS) is 22.5. The number of rotatable bonds is 2. The highest BCUT2D eigenvalue weighted by Gasteiger charge is 2.28. The number of hydrogen-bond acceptors (Lipinski definition) is 3. The van der Waals surface area contributed by atoms with E-state index in [2.05, 4.69) is 5.32 Å². The van der Waals surface area contributed by atoms with Crippen molar-refractivity contribution in [3.05, 3.63) is 34.9 Å². The molecule has 0 saturated carbocycles. The first kappa shape index (κ1) is 8.61. The summed E-state index contributed by atoms with van der Waals surface area (Å²) in [5, 5.41) is 2.27. The van der Waals surface area contributed by atoms with Crippen molar-refractivity contribution in [3.8, 4) is 0 Å². The summed E-state index contributed by atoms with van der Waals surface area (Å²) in [6.45, 7) is 0.794. The van der Waals surface area contributed by atoms with Gasteiger partial charge in [0, 0.05) is 6.42 Å². The van der Waals surface area contributed by atoms with Gasteiger partial charge in [0.25, 0.3) is 11.8 Å². The average molecular weight is 203 g/mol. The van der Waals surface area contributed by atoms with Gasteiger partial charge in [-0.3, -0.25) is 14.9 Å². The number of amides is 2. The molecule has 1 aromatic rings. The smallest absolute Gasteiger partial charge is 0.258 e. The van der Waals surface area contributed by atoms with Gasteiger partial charge in [0.15, 0.2) is 0 Å². The highest BCUT2D eigenvalue weighted by atomic mass is 16.6. The molecular formula is C11H9NO3. The summed E-state index contributed by atoms with van der Waals surface area (Å²) in [4.78, 5) is 22.6. The lowest BCUT2D eigenvalue weighted by Crippen LogP contribution is -2.19. The Morgan fingerprint density at radius 3 is 2.73 bits per heavy atom. The molecule has 0 bridgehead atoms. The van der Waals surface area contributed by atoms with Gasteiger partial charge in [0.05, 0.1) is 23.8 Å². The third-order valence-electron chi connectivity index (χ3n) is 2.67. The molecule has 2 heterocycles. The molecule has 1 unspecified atom stereocenters. The van der Waals surface area contributed by atoms with E-state index < -0.39 is 0 Å². The van der Waals surface area contributed by atoms with Crippen LogP contribution in [-0.2, 0) is 11.2 Å². The SMILES string of the molecule is O=C1NC(=O)c2cc(CC3CO3)ccc21. The molecule has 2 aliphatic rings. The largest absolute Gasteiger partial charge is 0.373 e. The van der Waals surface area contributed by atoms with Gasteiger partial charge in [0.2, 0.25) is 0 Å². The number of epoxide rings is 1. The van der Waals surface area contributed by atoms with Crippen molar-refractivity contribution in [2.24, 2.45) is 0 Å². The van der Waals surface area contributed by atoms with E-state index in [1.807, 2.05) is 6.07 Å². The fraction of sp³-hybridized carbons (Fsp3) is 0.273. The Morgan fingerprint density at radius 2 is 2.00 bits per heavy atom. The fourth-order valence-electron chi connectivity index (χ4n) is 1.79. The molecule has 1 atom stereocenters. The van der Waals surface area contributed by atoms with Gasteiger partial charge in [0.1, 0.15) is 0 Å². The summed E-state index contributed by atoms with van der Waals surface area (Å²) in [5.41, 5.74) is 2.00. The summed E-state index contributed by atoms with van der Waals surface area (Å²) in [6, 6.07) is 5.35. The Labute approximate surface area is 86.2 Å². The van der Waals surface area contributed by atoms with Crippen molar-refractivity contribution in [2.45, 2.75) is 12.5 Å². The Bertz CT molecular complexity index is 463. The van der Waals surface area contributed by atoms with Crippen LogP contribution in [-0.4, -0.2) is 24.5 Å². The number of imide groups is 1. The van der Waals surface area contributed by atoms with E-state index in [1.54, 1.807) is 12.1 Å². The first-order chi connectivity index (χ1) is 7.24. The molecule has 0 aliphatic carbocycles. The van der Waals surface area contributed by atoms with E-state index in [4.69, 9.17) is 4.74 Å². The Morgan fingerprint density at radius 1 is 1.27 bits per heavy atom. The maximum atomic E-state index is 11.4. The first-order valence-electron chi connectivity index (χ1n) is 4.84. The van der Waals surface area contributed by atoms with Crippen molar-refractivity contribution in [2.75, 3.05) is 6.61 Å². The number of carbonyl (C=O) groups is 2. The van der Waals surface area contributed by atoms with Crippen molar-refractivity contribution in [1.82, 2.24) is 5.32 Å². The molecule has 1 fully saturated rings. The van der Waals surface area contributed by atoms with Gasteiger partial charge in [-0.05, 0) is 17.7 Å². The van der Waals surface area contributed by atoms with Crippen molar-refractivity contribution in [3.63, 3.8) is 0 Å². The van der Waals surface area contributed by atoms with Crippen LogP contribution in [0.2, 0.25) is 0 Å². The lowest BCUT2D eigenvalue weighted by molar-refractivity contribution is 0.0879. The van der Waals surface area contributed by atoms with Gasteiger partial charge in [-0.25, -0.2) is 0 Å². The van der Waals surface area contributed by atoms with Crippen LogP contribution in [0.3, 0.4) is 0 Å². The minimum absolute atomic E-state index is 0.295. The van der Waals surface area contributed by atoms with Crippen LogP contribution in [0, 0.1) is 0 Å². The third kappa shape index (κ3) is 1.43. The molecule has 4 nitrogen and oxygen atoms in total. The molecule has 15 heavy (non-hydrogen) atoms. The van der Waals surface area contributed by atoms with Gasteiger partial charge >= 0.3 is 0 Å². The zero-order valence-corrected chi connectivity index (χ0v) is 7.95. The monoisotopic (exact) mass is 203 g/mol. The number of hydrogen-bond donors (Lipinski definition) is 1. The van der Waals surface area contributed by atoms with E-state index in [-0.39, 0.29) is 11.8 Å². The molecule has 1 N–H and O–H groups in total. The molecular weight excluding hydrogens is 194 g/mol.